The predicted molar refractivity (Wildman–Crippen MR) is 82.7 cm³/mol. The van der Waals surface area contributed by atoms with Crippen molar-refractivity contribution >= 4 is 11.7 Å². The molecule has 118 valence electrons. The van der Waals surface area contributed by atoms with Gasteiger partial charge < -0.3 is 19.7 Å². The average molecular weight is 295 g/mol. The molecule has 0 fully saturated rings. The highest BCUT2D eigenvalue weighted by atomic mass is 16.5. The van der Waals surface area contributed by atoms with Crippen LogP contribution in [-0.4, -0.2) is 62.9 Å². The Morgan fingerprint density at radius 1 is 1.24 bits per heavy atom. The zero-order valence-corrected chi connectivity index (χ0v) is 13.1. The van der Waals surface area contributed by atoms with Crippen molar-refractivity contribution in [1.82, 2.24) is 9.88 Å². The number of hydrogen-bond donors (Lipinski definition) is 1. The van der Waals surface area contributed by atoms with Gasteiger partial charge in [-0.2, -0.15) is 0 Å². The van der Waals surface area contributed by atoms with Crippen LogP contribution >= 0.6 is 0 Å². The Bertz CT molecular complexity index is 418. The van der Waals surface area contributed by atoms with Crippen LogP contribution in [-0.2, 0) is 9.47 Å². The highest BCUT2D eigenvalue weighted by molar-refractivity contribution is 5.92. The van der Waals surface area contributed by atoms with Crippen molar-refractivity contribution in [2.24, 2.45) is 0 Å². The molecule has 0 aromatic carbocycles. The van der Waals surface area contributed by atoms with Crippen LogP contribution in [0.15, 0.2) is 18.2 Å². The smallest absolute Gasteiger partial charge is 0.272 e. The number of anilines is 1. The first kappa shape index (κ1) is 17.4. The number of carbonyl (C=O) groups is 1. The summed E-state index contributed by atoms with van der Waals surface area (Å²) >= 11 is 0. The van der Waals surface area contributed by atoms with Gasteiger partial charge in [-0.15, -0.1) is 0 Å². The zero-order valence-electron chi connectivity index (χ0n) is 13.1. The molecule has 6 nitrogen and oxygen atoms in total. The second kappa shape index (κ2) is 10.1. The number of methoxy groups -OCH3 is 2. The minimum atomic E-state index is -0.107. The number of carbonyl (C=O) groups excluding carboxylic acids is 1. The normalized spacial score (nSPS) is 10.4. The summed E-state index contributed by atoms with van der Waals surface area (Å²) in [5, 5.41) is 3.18. The molecule has 0 aliphatic rings. The van der Waals surface area contributed by atoms with Crippen molar-refractivity contribution in [1.29, 1.82) is 0 Å². The lowest BCUT2D eigenvalue weighted by molar-refractivity contribution is 0.0622. The summed E-state index contributed by atoms with van der Waals surface area (Å²) in [6, 6.07) is 5.43. The van der Waals surface area contributed by atoms with E-state index in [-0.39, 0.29) is 5.91 Å². The Balaban J connectivity index is 2.76. The number of hydrogen-bond acceptors (Lipinski definition) is 5. The monoisotopic (exact) mass is 295 g/mol. The molecule has 1 rings (SSSR count). The number of pyridine rings is 1. The lowest BCUT2D eigenvalue weighted by Crippen LogP contribution is -2.37. The van der Waals surface area contributed by atoms with Gasteiger partial charge in [0, 0.05) is 33.9 Å². The van der Waals surface area contributed by atoms with Crippen molar-refractivity contribution in [3.05, 3.63) is 23.9 Å². The first-order valence-electron chi connectivity index (χ1n) is 7.21. The first-order valence-corrected chi connectivity index (χ1v) is 7.21. The van der Waals surface area contributed by atoms with Crippen LogP contribution in [0.3, 0.4) is 0 Å². The van der Waals surface area contributed by atoms with E-state index in [1.807, 2.05) is 12.1 Å². The topological polar surface area (TPSA) is 63.7 Å². The van der Waals surface area contributed by atoms with Gasteiger partial charge in [0.1, 0.15) is 11.5 Å². The maximum absolute atomic E-state index is 12.5. The molecule has 0 spiro atoms. The summed E-state index contributed by atoms with van der Waals surface area (Å²) in [7, 11) is 3.24. The summed E-state index contributed by atoms with van der Waals surface area (Å²) in [5.74, 6) is 0.616. The number of nitrogens with one attached hydrogen (secondary N) is 1. The van der Waals surface area contributed by atoms with Crippen molar-refractivity contribution in [2.45, 2.75) is 13.3 Å². The number of nitrogens with zero attached hydrogens (tertiary/aromatic N) is 2. The van der Waals surface area contributed by atoms with Gasteiger partial charge in [-0.05, 0) is 18.6 Å². The van der Waals surface area contributed by atoms with E-state index in [2.05, 4.69) is 17.2 Å². The van der Waals surface area contributed by atoms with Crippen LogP contribution in [0.4, 0.5) is 5.82 Å². The highest BCUT2D eigenvalue weighted by Gasteiger charge is 2.16. The number of amides is 1. The molecule has 0 aliphatic carbocycles. The van der Waals surface area contributed by atoms with Gasteiger partial charge in [-0.3, -0.25) is 4.79 Å². The summed E-state index contributed by atoms with van der Waals surface area (Å²) in [5.41, 5.74) is 0.434. The van der Waals surface area contributed by atoms with E-state index in [1.165, 1.54) is 0 Å². The van der Waals surface area contributed by atoms with Crippen LogP contribution in [0.5, 0.6) is 0 Å². The second-order valence-electron chi connectivity index (χ2n) is 4.61. The quantitative estimate of drug-likeness (QED) is 0.711. The summed E-state index contributed by atoms with van der Waals surface area (Å²) in [4.78, 5) is 18.6. The van der Waals surface area contributed by atoms with Crippen LogP contribution in [0.2, 0.25) is 0 Å². The molecule has 0 aliphatic heterocycles. The molecule has 0 saturated carbocycles. The van der Waals surface area contributed by atoms with E-state index >= 15 is 0 Å². The standard InChI is InChI=1S/C15H25N3O3/c1-4-8-16-14-7-5-6-13(17-14)15(19)18(9-11-20-2)10-12-21-3/h5-7H,4,8-12H2,1-3H3,(H,16,17). The van der Waals surface area contributed by atoms with Crippen LogP contribution in [0.25, 0.3) is 0 Å². The maximum atomic E-state index is 12.5. The predicted octanol–water partition coefficient (Wildman–Crippen LogP) is 1.64. The van der Waals surface area contributed by atoms with Gasteiger partial charge >= 0.3 is 0 Å². The van der Waals surface area contributed by atoms with Gasteiger partial charge in [0.25, 0.3) is 5.91 Å². The second-order valence-corrected chi connectivity index (χ2v) is 4.61. The van der Waals surface area contributed by atoms with Crippen molar-refractivity contribution in [2.75, 3.05) is 52.4 Å². The third-order valence-corrected chi connectivity index (χ3v) is 2.94. The average Bonchev–Trinajstić information content (AvgIpc) is 2.53. The van der Waals surface area contributed by atoms with E-state index < -0.39 is 0 Å². The fourth-order valence-corrected chi connectivity index (χ4v) is 1.79. The fraction of sp³-hybridized carbons (Fsp3) is 0.600. The van der Waals surface area contributed by atoms with Crippen LogP contribution in [0.1, 0.15) is 23.8 Å². The molecule has 0 unspecified atom stereocenters. The molecule has 1 aromatic heterocycles. The maximum Gasteiger partial charge on any atom is 0.272 e. The van der Waals surface area contributed by atoms with Gasteiger partial charge in [0.15, 0.2) is 0 Å². The SMILES string of the molecule is CCCNc1cccc(C(=O)N(CCOC)CCOC)n1. The van der Waals surface area contributed by atoms with E-state index in [4.69, 9.17) is 9.47 Å². The third-order valence-electron chi connectivity index (χ3n) is 2.94. The van der Waals surface area contributed by atoms with Gasteiger partial charge in [0.05, 0.1) is 13.2 Å². The van der Waals surface area contributed by atoms with E-state index in [1.54, 1.807) is 25.2 Å². The number of ether oxygens (including phenoxy) is 2. The third kappa shape index (κ3) is 6.10. The Labute approximate surface area is 126 Å². The van der Waals surface area contributed by atoms with Crippen molar-refractivity contribution < 1.29 is 14.3 Å². The Morgan fingerprint density at radius 3 is 2.48 bits per heavy atom. The molecule has 6 heteroatoms. The molecule has 0 atom stereocenters. The number of rotatable bonds is 10. The minimum Gasteiger partial charge on any atom is -0.383 e. The molecular formula is C15H25N3O3. The summed E-state index contributed by atoms with van der Waals surface area (Å²) in [6.45, 7) is 4.94. The largest absolute Gasteiger partial charge is 0.383 e. The minimum absolute atomic E-state index is 0.107. The molecule has 0 radical (unpaired) electrons. The van der Waals surface area contributed by atoms with E-state index in [9.17, 15) is 4.79 Å². The molecule has 21 heavy (non-hydrogen) atoms. The van der Waals surface area contributed by atoms with Gasteiger partial charge in [-0.25, -0.2) is 4.98 Å². The molecule has 1 aromatic rings. The fourth-order valence-electron chi connectivity index (χ4n) is 1.79. The first-order chi connectivity index (χ1) is 10.2. The van der Waals surface area contributed by atoms with E-state index in [0.29, 0.717) is 32.0 Å². The number of aromatic nitrogens is 1. The molecule has 1 N–H and O–H groups in total. The van der Waals surface area contributed by atoms with E-state index in [0.717, 1.165) is 18.8 Å². The Hall–Kier alpha value is -1.66. The molecule has 0 bridgehead atoms. The summed E-state index contributed by atoms with van der Waals surface area (Å²) < 4.78 is 10.1. The zero-order chi connectivity index (χ0) is 15.5. The lowest BCUT2D eigenvalue weighted by Gasteiger charge is -2.21. The summed E-state index contributed by atoms with van der Waals surface area (Å²) in [6.07, 6.45) is 1.01. The lowest BCUT2D eigenvalue weighted by atomic mass is 10.3. The molecule has 1 amide bonds. The van der Waals surface area contributed by atoms with Gasteiger partial charge in [0.2, 0.25) is 0 Å². The van der Waals surface area contributed by atoms with Gasteiger partial charge in [-0.1, -0.05) is 13.0 Å². The van der Waals surface area contributed by atoms with Crippen LogP contribution in [0, 0.1) is 0 Å². The molecule has 0 saturated heterocycles. The molecule has 1 heterocycles. The van der Waals surface area contributed by atoms with Crippen molar-refractivity contribution in [3.8, 4) is 0 Å². The van der Waals surface area contributed by atoms with Crippen LogP contribution < -0.4 is 5.32 Å². The highest BCUT2D eigenvalue weighted by Crippen LogP contribution is 2.08. The molecular weight excluding hydrogens is 270 g/mol. The Morgan fingerprint density at radius 2 is 1.90 bits per heavy atom. The Kier molecular flexibility index (Phi) is 8.38. The van der Waals surface area contributed by atoms with Crippen molar-refractivity contribution in [3.63, 3.8) is 0 Å².